The van der Waals surface area contributed by atoms with Crippen LogP contribution < -0.4 is 10.1 Å². The Bertz CT molecular complexity index is 514. The first-order chi connectivity index (χ1) is 10.8. The van der Waals surface area contributed by atoms with Crippen LogP contribution >= 0.6 is 15.9 Å². The number of unbranched alkanes of at least 4 members (excludes halogenated alkanes) is 1. The number of halogens is 1. The minimum Gasteiger partial charge on any atom is -0.494 e. The lowest BCUT2D eigenvalue weighted by atomic mass is 9.90. The van der Waals surface area contributed by atoms with Gasteiger partial charge in [-0.15, -0.1) is 0 Å². The van der Waals surface area contributed by atoms with Gasteiger partial charge < -0.3 is 15.2 Å². The topological polar surface area (TPSA) is 75.6 Å². The van der Waals surface area contributed by atoms with E-state index in [0.29, 0.717) is 26.0 Å². The van der Waals surface area contributed by atoms with E-state index < -0.39 is 11.4 Å². The molecule has 0 unspecified atom stereocenters. The van der Waals surface area contributed by atoms with Crippen molar-refractivity contribution in [3.8, 4) is 5.75 Å². The summed E-state index contributed by atoms with van der Waals surface area (Å²) in [6, 6.07) is 7.62. The summed E-state index contributed by atoms with van der Waals surface area (Å²) < 4.78 is 6.58. The highest BCUT2D eigenvalue weighted by Crippen LogP contribution is 2.19. The minimum atomic E-state index is -0.850. The summed E-state index contributed by atoms with van der Waals surface area (Å²) in [5.41, 5.74) is -0.814. The third-order valence-electron chi connectivity index (χ3n) is 3.53. The van der Waals surface area contributed by atoms with Gasteiger partial charge in [0.25, 0.3) is 0 Å². The van der Waals surface area contributed by atoms with Gasteiger partial charge in [0, 0.05) is 17.4 Å². The number of carboxylic acid groups (broad SMARTS) is 1. The molecule has 0 aliphatic carbocycles. The van der Waals surface area contributed by atoms with Crippen molar-refractivity contribution in [1.29, 1.82) is 0 Å². The van der Waals surface area contributed by atoms with Gasteiger partial charge in [-0.05, 0) is 57.4 Å². The smallest absolute Gasteiger partial charge is 0.309 e. The number of benzene rings is 1. The molecular weight excluding hydrogens is 362 g/mol. The summed E-state index contributed by atoms with van der Waals surface area (Å²) >= 11 is 3.36. The monoisotopic (exact) mass is 385 g/mol. The maximum atomic E-state index is 11.7. The molecular formula is C17H24BrNO4. The van der Waals surface area contributed by atoms with Crippen molar-refractivity contribution < 1.29 is 19.4 Å². The lowest BCUT2D eigenvalue weighted by molar-refractivity contribution is -0.147. The number of aliphatic carboxylic acids is 1. The van der Waals surface area contributed by atoms with E-state index in [9.17, 15) is 9.59 Å². The molecule has 1 aromatic rings. The molecule has 1 aromatic carbocycles. The van der Waals surface area contributed by atoms with E-state index in [0.717, 1.165) is 23.1 Å². The average Bonchev–Trinajstić information content (AvgIpc) is 2.48. The van der Waals surface area contributed by atoms with E-state index in [1.165, 1.54) is 0 Å². The SMILES string of the molecule is CC(C)(CCNC(=O)CCCCOc1ccc(Br)cc1)C(=O)O. The van der Waals surface area contributed by atoms with E-state index in [-0.39, 0.29) is 5.91 Å². The summed E-state index contributed by atoms with van der Waals surface area (Å²) in [7, 11) is 0. The van der Waals surface area contributed by atoms with Crippen molar-refractivity contribution in [3.63, 3.8) is 0 Å². The van der Waals surface area contributed by atoms with Crippen molar-refractivity contribution in [2.75, 3.05) is 13.2 Å². The number of hydrogen-bond acceptors (Lipinski definition) is 3. The molecule has 0 saturated heterocycles. The Balaban J connectivity index is 2.08. The quantitative estimate of drug-likeness (QED) is 0.603. The molecule has 0 saturated carbocycles. The van der Waals surface area contributed by atoms with E-state index >= 15 is 0 Å². The van der Waals surface area contributed by atoms with Crippen LogP contribution in [0.3, 0.4) is 0 Å². The second kappa shape index (κ2) is 9.55. The molecule has 0 aromatic heterocycles. The van der Waals surface area contributed by atoms with Crippen molar-refractivity contribution in [2.24, 2.45) is 5.41 Å². The average molecular weight is 386 g/mol. The van der Waals surface area contributed by atoms with Crippen LogP contribution in [0.15, 0.2) is 28.7 Å². The molecule has 0 bridgehead atoms. The minimum absolute atomic E-state index is 0.0465. The number of amides is 1. The van der Waals surface area contributed by atoms with E-state index in [4.69, 9.17) is 9.84 Å². The van der Waals surface area contributed by atoms with Gasteiger partial charge in [-0.1, -0.05) is 15.9 Å². The number of hydrogen-bond donors (Lipinski definition) is 2. The predicted octanol–water partition coefficient (Wildman–Crippen LogP) is 3.62. The molecule has 23 heavy (non-hydrogen) atoms. The molecule has 0 radical (unpaired) electrons. The van der Waals surface area contributed by atoms with E-state index in [1.807, 2.05) is 24.3 Å². The molecule has 1 rings (SSSR count). The summed E-state index contributed by atoms with van der Waals surface area (Å²) in [4.78, 5) is 22.6. The van der Waals surface area contributed by atoms with E-state index in [2.05, 4.69) is 21.2 Å². The van der Waals surface area contributed by atoms with E-state index in [1.54, 1.807) is 13.8 Å². The molecule has 2 N–H and O–H groups in total. The lowest BCUT2D eigenvalue weighted by Crippen LogP contribution is -2.31. The lowest BCUT2D eigenvalue weighted by Gasteiger charge is -2.18. The highest BCUT2D eigenvalue weighted by molar-refractivity contribution is 9.10. The second-order valence-corrected chi connectivity index (χ2v) is 6.96. The summed E-state index contributed by atoms with van der Waals surface area (Å²) in [5, 5.41) is 11.7. The van der Waals surface area contributed by atoms with Crippen molar-refractivity contribution >= 4 is 27.8 Å². The molecule has 0 aliphatic heterocycles. The Labute approximate surface area is 145 Å². The maximum Gasteiger partial charge on any atom is 0.309 e. The maximum absolute atomic E-state index is 11.7. The van der Waals surface area contributed by atoms with Gasteiger partial charge >= 0.3 is 5.97 Å². The standard InChI is InChI=1S/C17H24BrNO4/c1-17(2,16(21)22)10-11-19-15(20)5-3-4-12-23-14-8-6-13(18)7-9-14/h6-9H,3-5,10-12H2,1-2H3,(H,19,20)(H,21,22). The molecule has 0 aliphatic rings. The molecule has 0 atom stereocenters. The highest BCUT2D eigenvalue weighted by Gasteiger charge is 2.26. The first-order valence-electron chi connectivity index (χ1n) is 7.70. The number of rotatable bonds is 10. The Morgan fingerprint density at radius 1 is 1.22 bits per heavy atom. The Kier molecular flexibility index (Phi) is 8.09. The van der Waals surface area contributed by atoms with Gasteiger partial charge in [-0.25, -0.2) is 0 Å². The van der Waals surface area contributed by atoms with Crippen molar-refractivity contribution in [3.05, 3.63) is 28.7 Å². The van der Waals surface area contributed by atoms with Gasteiger partial charge in [0.05, 0.1) is 12.0 Å². The number of nitrogens with one attached hydrogen (secondary N) is 1. The number of carbonyl (C=O) groups excluding carboxylic acids is 1. The molecule has 6 heteroatoms. The first kappa shape index (κ1) is 19.5. The highest BCUT2D eigenvalue weighted by atomic mass is 79.9. The van der Waals surface area contributed by atoms with Gasteiger partial charge in [-0.2, -0.15) is 0 Å². The predicted molar refractivity (Wildman–Crippen MR) is 92.5 cm³/mol. The summed E-state index contributed by atoms with van der Waals surface area (Å²) in [5.74, 6) is -0.0831. The molecule has 0 heterocycles. The normalized spacial score (nSPS) is 11.1. The zero-order valence-corrected chi connectivity index (χ0v) is 15.2. The number of carbonyl (C=O) groups is 2. The fourth-order valence-electron chi connectivity index (χ4n) is 1.82. The summed E-state index contributed by atoms with van der Waals surface area (Å²) in [6.07, 6.45) is 2.38. The van der Waals surface area contributed by atoms with Gasteiger partial charge in [0.15, 0.2) is 0 Å². The molecule has 0 fully saturated rings. The zero-order valence-electron chi connectivity index (χ0n) is 13.6. The van der Waals surface area contributed by atoms with Gasteiger partial charge in [-0.3, -0.25) is 9.59 Å². The first-order valence-corrected chi connectivity index (χ1v) is 8.49. The van der Waals surface area contributed by atoms with Crippen LogP contribution in [0.4, 0.5) is 0 Å². The van der Waals surface area contributed by atoms with Crippen LogP contribution in [0.5, 0.6) is 5.75 Å². The third kappa shape index (κ3) is 8.02. The largest absolute Gasteiger partial charge is 0.494 e. The zero-order chi connectivity index (χ0) is 17.3. The van der Waals surface area contributed by atoms with Gasteiger partial charge in [0.2, 0.25) is 5.91 Å². The van der Waals surface area contributed by atoms with Crippen molar-refractivity contribution in [1.82, 2.24) is 5.32 Å². The van der Waals surface area contributed by atoms with Crippen LogP contribution in [0.25, 0.3) is 0 Å². The van der Waals surface area contributed by atoms with Crippen LogP contribution in [0, 0.1) is 5.41 Å². The Morgan fingerprint density at radius 2 is 1.87 bits per heavy atom. The van der Waals surface area contributed by atoms with Crippen LogP contribution in [0.2, 0.25) is 0 Å². The molecule has 1 amide bonds. The Morgan fingerprint density at radius 3 is 2.48 bits per heavy atom. The van der Waals surface area contributed by atoms with Crippen LogP contribution in [-0.2, 0) is 9.59 Å². The molecule has 5 nitrogen and oxygen atoms in total. The van der Waals surface area contributed by atoms with Gasteiger partial charge in [0.1, 0.15) is 5.75 Å². The van der Waals surface area contributed by atoms with Crippen LogP contribution in [0.1, 0.15) is 39.5 Å². The second-order valence-electron chi connectivity index (χ2n) is 6.05. The van der Waals surface area contributed by atoms with Crippen molar-refractivity contribution in [2.45, 2.75) is 39.5 Å². The fraction of sp³-hybridized carbons (Fsp3) is 0.529. The third-order valence-corrected chi connectivity index (χ3v) is 4.06. The fourth-order valence-corrected chi connectivity index (χ4v) is 2.08. The Hall–Kier alpha value is -1.56. The van der Waals surface area contributed by atoms with Crippen LogP contribution in [-0.4, -0.2) is 30.1 Å². The number of carboxylic acids is 1. The summed E-state index contributed by atoms with van der Waals surface area (Å²) in [6.45, 7) is 4.26. The molecule has 0 spiro atoms. The number of ether oxygens (including phenoxy) is 1. The molecule has 128 valence electrons.